The maximum Gasteiger partial charge on any atom is 0.184 e. The van der Waals surface area contributed by atoms with E-state index in [2.05, 4.69) is 0 Å². The van der Waals surface area contributed by atoms with Gasteiger partial charge in [-0.3, -0.25) is 0 Å². The lowest BCUT2D eigenvalue weighted by Crippen LogP contribution is -2.44. The average molecular weight is 236 g/mol. The van der Waals surface area contributed by atoms with Gasteiger partial charge in [0.1, 0.15) is 0 Å². The summed E-state index contributed by atoms with van der Waals surface area (Å²) in [6.07, 6.45) is -0.539. The van der Waals surface area contributed by atoms with E-state index in [0.29, 0.717) is 6.61 Å². The lowest BCUT2D eigenvalue weighted by molar-refractivity contribution is -0.271. The number of benzene rings is 1. The fourth-order valence-corrected chi connectivity index (χ4v) is 1.94. The van der Waals surface area contributed by atoms with Crippen LogP contribution < -0.4 is 0 Å². The van der Waals surface area contributed by atoms with Crippen molar-refractivity contribution in [2.24, 2.45) is 5.41 Å². The topological polar surface area (TPSA) is 38.7 Å². The molecule has 2 rings (SSSR count). The molecule has 3 heteroatoms. The predicted molar refractivity (Wildman–Crippen MR) is 65.6 cm³/mol. The third kappa shape index (κ3) is 2.68. The fourth-order valence-electron chi connectivity index (χ4n) is 1.94. The third-order valence-corrected chi connectivity index (χ3v) is 3.28. The first-order chi connectivity index (χ1) is 8.03. The van der Waals surface area contributed by atoms with E-state index in [9.17, 15) is 5.11 Å². The molecule has 1 saturated heterocycles. The molecule has 3 nitrogen and oxygen atoms in total. The molecule has 2 unspecified atom stereocenters. The van der Waals surface area contributed by atoms with E-state index >= 15 is 0 Å². The SMILES string of the molecule is Cc1ccc(C2OCC(C)(C)C(CO)O2)cc1. The predicted octanol–water partition coefficient (Wildman–Crippen LogP) is 2.43. The van der Waals surface area contributed by atoms with Crippen molar-refractivity contribution in [3.63, 3.8) is 0 Å². The van der Waals surface area contributed by atoms with Crippen LogP contribution in [-0.4, -0.2) is 24.4 Å². The third-order valence-electron chi connectivity index (χ3n) is 3.28. The molecule has 1 aromatic carbocycles. The quantitative estimate of drug-likeness (QED) is 0.857. The van der Waals surface area contributed by atoms with E-state index in [1.807, 2.05) is 45.0 Å². The Morgan fingerprint density at radius 3 is 2.53 bits per heavy atom. The van der Waals surface area contributed by atoms with Gasteiger partial charge in [-0.15, -0.1) is 0 Å². The molecule has 17 heavy (non-hydrogen) atoms. The van der Waals surface area contributed by atoms with Crippen LogP contribution >= 0.6 is 0 Å². The number of aliphatic hydroxyl groups excluding tert-OH is 1. The smallest absolute Gasteiger partial charge is 0.184 e. The van der Waals surface area contributed by atoms with E-state index < -0.39 is 0 Å². The van der Waals surface area contributed by atoms with Crippen molar-refractivity contribution in [2.45, 2.75) is 33.2 Å². The first-order valence-corrected chi connectivity index (χ1v) is 5.97. The summed E-state index contributed by atoms with van der Waals surface area (Å²) in [6, 6.07) is 8.09. The van der Waals surface area contributed by atoms with Crippen LogP contribution in [0.15, 0.2) is 24.3 Å². The van der Waals surface area contributed by atoms with Gasteiger partial charge in [0.15, 0.2) is 6.29 Å². The normalized spacial score (nSPS) is 28.0. The minimum absolute atomic E-state index is 0.0265. The second-order valence-electron chi connectivity index (χ2n) is 5.35. The second kappa shape index (κ2) is 4.77. The zero-order chi connectivity index (χ0) is 12.5. The molecule has 1 aromatic rings. The molecule has 1 fully saturated rings. The van der Waals surface area contributed by atoms with Crippen molar-refractivity contribution in [1.29, 1.82) is 0 Å². The van der Waals surface area contributed by atoms with Crippen LogP contribution in [0.4, 0.5) is 0 Å². The monoisotopic (exact) mass is 236 g/mol. The Bertz CT molecular complexity index is 370. The minimum Gasteiger partial charge on any atom is -0.394 e. The molecular weight excluding hydrogens is 216 g/mol. The Labute approximate surface area is 102 Å². The summed E-state index contributed by atoms with van der Waals surface area (Å²) in [5.41, 5.74) is 2.07. The molecular formula is C14H20O3. The van der Waals surface area contributed by atoms with Crippen LogP contribution in [0.2, 0.25) is 0 Å². The zero-order valence-electron chi connectivity index (χ0n) is 10.6. The highest BCUT2D eigenvalue weighted by Crippen LogP contribution is 2.36. The van der Waals surface area contributed by atoms with Gasteiger partial charge in [-0.1, -0.05) is 43.7 Å². The molecule has 0 spiro atoms. The van der Waals surface area contributed by atoms with Gasteiger partial charge in [-0.05, 0) is 6.92 Å². The molecule has 0 radical (unpaired) electrons. The van der Waals surface area contributed by atoms with Crippen LogP contribution in [0.5, 0.6) is 0 Å². The van der Waals surface area contributed by atoms with Crippen molar-refractivity contribution >= 4 is 0 Å². The Hall–Kier alpha value is -0.900. The van der Waals surface area contributed by atoms with Crippen LogP contribution in [0, 0.1) is 12.3 Å². The number of aryl methyl sites for hydroxylation is 1. The highest BCUT2D eigenvalue weighted by molar-refractivity contribution is 5.22. The molecule has 1 aliphatic heterocycles. The van der Waals surface area contributed by atoms with Crippen molar-refractivity contribution in [3.05, 3.63) is 35.4 Å². The van der Waals surface area contributed by atoms with E-state index in [1.54, 1.807) is 0 Å². The van der Waals surface area contributed by atoms with Gasteiger partial charge in [-0.25, -0.2) is 0 Å². The molecule has 0 saturated carbocycles. The maximum absolute atomic E-state index is 9.35. The number of ether oxygens (including phenoxy) is 2. The van der Waals surface area contributed by atoms with Gasteiger partial charge in [0, 0.05) is 11.0 Å². The Morgan fingerprint density at radius 2 is 1.94 bits per heavy atom. The van der Waals surface area contributed by atoms with Gasteiger partial charge in [0.25, 0.3) is 0 Å². The highest BCUT2D eigenvalue weighted by atomic mass is 16.7. The van der Waals surface area contributed by atoms with Gasteiger partial charge >= 0.3 is 0 Å². The van der Waals surface area contributed by atoms with Crippen LogP contribution in [-0.2, 0) is 9.47 Å². The van der Waals surface area contributed by atoms with Crippen molar-refractivity contribution in [1.82, 2.24) is 0 Å². The number of hydrogen-bond donors (Lipinski definition) is 1. The van der Waals surface area contributed by atoms with Crippen LogP contribution in [0.25, 0.3) is 0 Å². The summed E-state index contributed by atoms with van der Waals surface area (Å²) >= 11 is 0. The van der Waals surface area contributed by atoms with Crippen molar-refractivity contribution in [3.8, 4) is 0 Å². The zero-order valence-corrected chi connectivity index (χ0v) is 10.6. The van der Waals surface area contributed by atoms with Gasteiger partial charge in [0.05, 0.1) is 19.3 Å². The largest absolute Gasteiger partial charge is 0.394 e. The average Bonchev–Trinajstić information content (AvgIpc) is 2.30. The molecule has 94 valence electrons. The highest BCUT2D eigenvalue weighted by Gasteiger charge is 2.38. The van der Waals surface area contributed by atoms with Gasteiger partial charge < -0.3 is 14.6 Å². The molecule has 0 bridgehead atoms. The summed E-state index contributed by atoms with van der Waals surface area (Å²) in [4.78, 5) is 0. The second-order valence-corrected chi connectivity index (χ2v) is 5.35. The standard InChI is InChI=1S/C14H20O3/c1-10-4-6-11(7-5-10)13-16-9-14(2,3)12(8-15)17-13/h4-7,12-13,15H,8-9H2,1-3H3. The molecule has 0 aromatic heterocycles. The van der Waals surface area contributed by atoms with E-state index in [0.717, 1.165) is 5.56 Å². The lowest BCUT2D eigenvalue weighted by Gasteiger charge is -2.41. The van der Waals surface area contributed by atoms with E-state index in [4.69, 9.17) is 9.47 Å². The molecule has 1 heterocycles. The van der Waals surface area contributed by atoms with E-state index in [1.165, 1.54) is 5.56 Å². The molecule has 0 aliphatic carbocycles. The molecule has 0 amide bonds. The molecule has 1 aliphatic rings. The number of rotatable bonds is 2. The minimum atomic E-state index is -0.360. The van der Waals surface area contributed by atoms with Gasteiger partial charge in [-0.2, -0.15) is 0 Å². The first-order valence-electron chi connectivity index (χ1n) is 5.97. The van der Waals surface area contributed by atoms with Crippen LogP contribution in [0.3, 0.4) is 0 Å². The van der Waals surface area contributed by atoms with Crippen molar-refractivity contribution < 1.29 is 14.6 Å². The summed E-state index contributed by atoms with van der Waals surface area (Å²) in [5, 5.41) is 9.35. The summed E-state index contributed by atoms with van der Waals surface area (Å²) in [7, 11) is 0. The summed E-state index contributed by atoms with van der Waals surface area (Å²) < 4.78 is 11.5. The summed E-state index contributed by atoms with van der Waals surface area (Å²) in [5.74, 6) is 0. The summed E-state index contributed by atoms with van der Waals surface area (Å²) in [6.45, 7) is 6.75. The Morgan fingerprint density at radius 1 is 1.29 bits per heavy atom. The molecule has 1 N–H and O–H groups in total. The number of hydrogen-bond acceptors (Lipinski definition) is 3. The van der Waals surface area contributed by atoms with Crippen LogP contribution in [0.1, 0.15) is 31.3 Å². The fraction of sp³-hybridized carbons (Fsp3) is 0.571. The van der Waals surface area contributed by atoms with E-state index in [-0.39, 0.29) is 24.4 Å². The maximum atomic E-state index is 9.35. The van der Waals surface area contributed by atoms with Gasteiger partial charge in [0.2, 0.25) is 0 Å². The number of aliphatic hydroxyl groups is 1. The lowest BCUT2D eigenvalue weighted by atomic mass is 9.87. The first kappa shape index (κ1) is 12.6. The Balaban J connectivity index is 2.12. The molecule has 2 atom stereocenters. The Kier molecular flexibility index (Phi) is 3.52. The van der Waals surface area contributed by atoms with Crippen molar-refractivity contribution in [2.75, 3.05) is 13.2 Å².